The number of benzene rings is 4. The van der Waals surface area contributed by atoms with Gasteiger partial charge in [0.2, 0.25) is 5.75 Å². The number of carbonyl (C=O) groups excluding carboxylic acids is 1. The van der Waals surface area contributed by atoms with E-state index < -0.39 is 7.49 Å². The summed E-state index contributed by atoms with van der Waals surface area (Å²) < 4.78 is 17.7. The van der Waals surface area contributed by atoms with Crippen molar-refractivity contribution in [3.63, 3.8) is 0 Å². The van der Waals surface area contributed by atoms with Gasteiger partial charge in [-0.15, -0.1) is 0 Å². The van der Waals surface area contributed by atoms with Crippen LogP contribution in [0.25, 0.3) is 0 Å². The van der Waals surface area contributed by atoms with Gasteiger partial charge in [-0.05, 0) is 102 Å². The predicted molar refractivity (Wildman–Crippen MR) is 190 cm³/mol. The van der Waals surface area contributed by atoms with Crippen LogP contribution in [0.5, 0.6) is 17.2 Å². The Hall–Kier alpha value is -3.34. The van der Waals surface area contributed by atoms with Crippen molar-refractivity contribution in [2.75, 3.05) is 14.2 Å². The molecule has 45 heavy (non-hydrogen) atoms. The summed E-state index contributed by atoms with van der Waals surface area (Å²) >= 11 is 3.66. The van der Waals surface area contributed by atoms with Crippen molar-refractivity contribution < 1.29 is 23.9 Å². The zero-order valence-corrected chi connectivity index (χ0v) is 29.1. The molecule has 0 saturated carbocycles. The maximum atomic E-state index is 11.8. The lowest BCUT2D eigenvalue weighted by Gasteiger charge is -2.23. The van der Waals surface area contributed by atoms with Gasteiger partial charge in [0.15, 0.2) is 11.5 Å². The van der Waals surface area contributed by atoms with Crippen LogP contribution in [-0.4, -0.2) is 25.8 Å². The van der Waals surface area contributed by atoms with Crippen molar-refractivity contribution >= 4 is 45.8 Å². The minimum absolute atomic E-state index is 0.157. The second-order valence-electron chi connectivity index (χ2n) is 11.3. The molecule has 0 aliphatic rings. The topological polar surface area (TPSA) is 65.0 Å². The molecule has 0 unspecified atom stereocenters. The van der Waals surface area contributed by atoms with Gasteiger partial charge in [0.25, 0.3) is 7.49 Å². The molecule has 4 aromatic rings. The average molecular weight is 693 g/mol. The van der Waals surface area contributed by atoms with Gasteiger partial charge >= 0.3 is 6.47 Å². The van der Waals surface area contributed by atoms with Crippen molar-refractivity contribution in [2.45, 2.75) is 71.1 Å². The quantitative estimate of drug-likeness (QED) is 0.0642. The number of hydrogen-bond donors (Lipinski definition) is 1. The normalized spacial score (nSPS) is 11.3. The van der Waals surface area contributed by atoms with E-state index in [2.05, 4.69) is 64.5 Å². The van der Waals surface area contributed by atoms with Gasteiger partial charge in [0.05, 0.1) is 18.7 Å². The SMILES string of the molecule is COc1c(O)c(C)c(CCCCCCCCCCc2ccc([P+](OC=O)(c3ccccc3)c3ccccc3)cc2)c(Br)c1OC. The number of aryl methyl sites for hydroxylation is 1. The van der Waals surface area contributed by atoms with E-state index in [9.17, 15) is 9.90 Å². The minimum atomic E-state index is -2.55. The maximum absolute atomic E-state index is 11.8. The molecule has 0 spiro atoms. The highest BCUT2D eigenvalue weighted by Crippen LogP contribution is 2.55. The zero-order chi connectivity index (χ0) is 32.1. The largest absolute Gasteiger partial charge is 0.504 e. The van der Waals surface area contributed by atoms with Crippen molar-refractivity contribution in [3.05, 3.63) is 106 Å². The van der Waals surface area contributed by atoms with Crippen LogP contribution in [0.4, 0.5) is 0 Å². The number of phenolic OH excluding ortho intramolecular Hbond substituents is 1. The van der Waals surface area contributed by atoms with Crippen LogP contribution in [0.15, 0.2) is 89.4 Å². The Labute approximate surface area is 277 Å². The second kappa shape index (κ2) is 17.4. The molecule has 1 N–H and O–H groups in total. The Kier molecular flexibility index (Phi) is 13.3. The third kappa shape index (κ3) is 8.28. The average Bonchev–Trinajstić information content (AvgIpc) is 3.08. The molecule has 0 aromatic heterocycles. The monoisotopic (exact) mass is 691 g/mol. The van der Waals surface area contributed by atoms with Crippen LogP contribution in [0.3, 0.4) is 0 Å². The Bertz CT molecular complexity index is 1450. The van der Waals surface area contributed by atoms with E-state index in [1.807, 2.05) is 43.3 Å². The summed E-state index contributed by atoms with van der Waals surface area (Å²) in [6, 6.07) is 28.9. The lowest BCUT2D eigenvalue weighted by molar-refractivity contribution is -0.120. The van der Waals surface area contributed by atoms with E-state index in [0.29, 0.717) is 18.0 Å². The number of rotatable bonds is 18. The Balaban J connectivity index is 1.22. The number of hydrogen-bond acceptors (Lipinski definition) is 5. The molecule has 0 bridgehead atoms. The number of methoxy groups -OCH3 is 2. The molecular weight excluding hydrogens is 647 g/mol. The van der Waals surface area contributed by atoms with Crippen molar-refractivity contribution in [3.8, 4) is 17.2 Å². The summed E-state index contributed by atoms with van der Waals surface area (Å²) in [5.74, 6) is 1.08. The molecule has 7 heteroatoms. The van der Waals surface area contributed by atoms with Gasteiger partial charge in [-0.2, -0.15) is 0 Å². The van der Waals surface area contributed by atoms with Crippen LogP contribution in [0.1, 0.15) is 68.1 Å². The van der Waals surface area contributed by atoms with Crippen LogP contribution < -0.4 is 25.4 Å². The number of ether oxygens (including phenoxy) is 2. The standard InChI is InChI=1S/C38H44BrO5P/c1-29-34(35(39)37(42-2)38(43-3)36(29)41)23-17-9-7-5-4-6-8-12-18-30-24-26-33(27-25-30)45(44-28-40,31-19-13-10-14-20-31)32-21-15-11-16-22-32/h10-11,13-16,19-22,24-28H,4-9,12,17-18,23H2,1-3H3/p+1. The van der Waals surface area contributed by atoms with Gasteiger partial charge in [0, 0.05) is 0 Å². The zero-order valence-electron chi connectivity index (χ0n) is 26.6. The van der Waals surface area contributed by atoms with E-state index in [1.54, 1.807) is 7.11 Å². The lowest BCUT2D eigenvalue weighted by atomic mass is 9.99. The summed E-state index contributed by atoms with van der Waals surface area (Å²) in [6.07, 6.45) is 11.5. The number of aromatic hydroxyl groups is 1. The number of carbonyl (C=O) groups is 1. The minimum Gasteiger partial charge on any atom is -0.504 e. The number of unbranched alkanes of at least 4 members (excludes halogenated alkanes) is 7. The first kappa shape index (κ1) is 34.5. The molecule has 0 aliphatic carbocycles. The van der Waals surface area contributed by atoms with Crippen molar-refractivity contribution in [1.29, 1.82) is 0 Å². The lowest BCUT2D eigenvalue weighted by Crippen LogP contribution is -2.32. The molecule has 0 saturated heterocycles. The van der Waals surface area contributed by atoms with Crippen LogP contribution in [-0.2, 0) is 22.2 Å². The molecule has 0 atom stereocenters. The Morgan fingerprint density at radius 3 is 1.62 bits per heavy atom. The van der Waals surface area contributed by atoms with Gasteiger partial charge in [-0.3, -0.25) is 4.79 Å². The highest BCUT2D eigenvalue weighted by Gasteiger charge is 2.49. The molecule has 0 fully saturated rings. The first-order valence-corrected chi connectivity index (χ1v) is 18.3. The molecule has 0 amide bonds. The fourth-order valence-corrected chi connectivity index (χ4v) is 10.0. The molecule has 4 aromatic carbocycles. The third-order valence-electron chi connectivity index (χ3n) is 8.48. The number of phenols is 1. The van der Waals surface area contributed by atoms with E-state index >= 15 is 0 Å². The van der Waals surface area contributed by atoms with E-state index in [0.717, 1.165) is 63.6 Å². The first-order valence-electron chi connectivity index (χ1n) is 15.8. The molecular formula is C38H45BrO5P+. The smallest absolute Gasteiger partial charge is 0.340 e. The molecule has 5 nitrogen and oxygen atoms in total. The van der Waals surface area contributed by atoms with Crippen LogP contribution in [0, 0.1) is 6.92 Å². The highest BCUT2D eigenvalue weighted by atomic mass is 79.9. The first-order chi connectivity index (χ1) is 22.0. The molecule has 0 aliphatic heterocycles. The third-order valence-corrected chi connectivity index (χ3v) is 12.8. The van der Waals surface area contributed by atoms with Crippen LogP contribution in [0.2, 0.25) is 0 Å². The summed E-state index contributed by atoms with van der Waals surface area (Å²) in [6.45, 7) is 2.53. The molecule has 4 rings (SSSR count). The van der Waals surface area contributed by atoms with E-state index in [1.165, 1.54) is 44.8 Å². The fourth-order valence-electron chi connectivity index (χ4n) is 6.03. The summed E-state index contributed by atoms with van der Waals surface area (Å²) in [7, 11) is 0.580. The molecule has 238 valence electrons. The van der Waals surface area contributed by atoms with Gasteiger partial charge in [-0.1, -0.05) is 87.1 Å². The van der Waals surface area contributed by atoms with Gasteiger partial charge in [0.1, 0.15) is 15.9 Å². The summed E-state index contributed by atoms with van der Waals surface area (Å²) in [4.78, 5) is 11.8. The Morgan fingerprint density at radius 1 is 0.667 bits per heavy atom. The van der Waals surface area contributed by atoms with Crippen LogP contribution >= 0.6 is 23.4 Å². The number of halogens is 1. The predicted octanol–water partition coefficient (Wildman–Crippen LogP) is 8.77. The van der Waals surface area contributed by atoms with Gasteiger partial charge < -0.3 is 19.1 Å². The summed E-state index contributed by atoms with van der Waals surface area (Å²) in [5.41, 5.74) is 3.24. The maximum Gasteiger partial charge on any atom is 0.340 e. The fraction of sp³-hybridized carbons (Fsp3) is 0.342. The van der Waals surface area contributed by atoms with Gasteiger partial charge in [-0.25, -0.2) is 0 Å². The summed E-state index contributed by atoms with van der Waals surface area (Å²) in [5, 5.41) is 13.6. The second-order valence-corrected chi connectivity index (χ2v) is 15.1. The van der Waals surface area contributed by atoms with Crippen molar-refractivity contribution in [1.82, 2.24) is 0 Å². The molecule has 0 radical (unpaired) electrons. The van der Waals surface area contributed by atoms with E-state index in [-0.39, 0.29) is 5.75 Å². The highest BCUT2D eigenvalue weighted by molar-refractivity contribution is 9.10. The van der Waals surface area contributed by atoms with E-state index in [4.69, 9.17) is 14.0 Å². The Morgan fingerprint density at radius 2 is 1.13 bits per heavy atom. The molecule has 0 heterocycles. The van der Waals surface area contributed by atoms with Crippen molar-refractivity contribution in [2.24, 2.45) is 0 Å².